The van der Waals surface area contributed by atoms with E-state index in [2.05, 4.69) is 15.0 Å². The second-order valence-corrected chi connectivity index (χ2v) is 5.19. The number of aromatic amines is 1. The third-order valence-electron chi connectivity index (χ3n) is 2.99. The number of carbonyl (C=O) groups is 1. The van der Waals surface area contributed by atoms with Gasteiger partial charge in [-0.2, -0.15) is 0 Å². The lowest BCUT2D eigenvalue weighted by molar-refractivity contribution is -0.145. The fourth-order valence-electron chi connectivity index (χ4n) is 2.18. The molecule has 0 amide bonds. The van der Waals surface area contributed by atoms with Crippen LogP contribution in [-0.4, -0.2) is 27.5 Å². The van der Waals surface area contributed by atoms with E-state index in [1.807, 2.05) is 6.92 Å². The fraction of sp³-hybridized carbons (Fsp3) is 0.417. The zero-order valence-electron chi connectivity index (χ0n) is 9.97. The summed E-state index contributed by atoms with van der Waals surface area (Å²) in [6.45, 7) is 2.24. The van der Waals surface area contributed by atoms with Crippen LogP contribution in [0, 0.1) is 0 Å². The topological polar surface area (TPSA) is 67.9 Å². The van der Waals surface area contributed by atoms with Crippen LogP contribution in [0.2, 0.25) is 0 Å². The van der Waals surface area contributed by atoms with Gasteiger partial charge in [0.15, 0.2) is 10.8 Å². The molecule has 1 unspecified atom stereocenters. The van der Waals surface area contributed by atoms with Crippen molar-refractivity contribution in [1.82, 2.24) is 15.0 Å². The second-order valence-electron chi connectivity index (χ2n) is 4.11. The van der Waals surface area contributed by atoms with E-state index in [4.69, 9.17) is 4.74 Å². The average molecular weight is 263 g/mol. The monoisotopic (exact) mass is 263 g/mol. The number of thiazole rings is 1. The Hall–Kier alpha value is -1.69. The number of carbonyl (C=O) groups excluding carboxylic acids is 1. The Kier molecular flexibility index (Phi) is 2.87. The maximum atomic E-state index is 11.8. The van der Waals surface area contributed by atoms with Gasteiger partial charge in [-0.25, -0.2) is 9.97 Å². The second kappa shape index (κ2) is 4.53. The van der Waals surface area contributed by atoms with E-state index in [0.717, 1.165) is 29.4 Å². The van der Waals surface area contributed by atoms with Crippen molar-refractivity contribution in [1.29, 1.82) is 0 Å². The molecule has 1 N–H and O–H groups in total. The Morgan fingerprint density at radius 3 is 3.28 bits per heavy atom. The van der Waals surface area contributed by atoms with Crippen molar-refractivity contribution in [3.63, 3.8) is 0 Å². The number of ether oxygens (including phenoxy) is 1. The predicted octanol–water partition coefficient (Wildman–Crippen LogP) is 2.13. The molecule has 0 aromatic carbocycles. The molecule has 2 heterocycles. The molecular weight excluding hydrogens is 250 g/mol. The molecule has 0 saturated carbocycles. The number of nitrogens with zero attached hydrogens (tertiary/aromatic N) is 2. The highest BCUT2D eigenvalue weighted by Crippen LogP contribution is 2.39. The van der Waals surface area contributed by atoms with Crippen molar-refractivity contribution >= 4 is 17.3 Å². The maximum Gasteiger partial charge on any atom is 0.315 e. The summed E-state index contributed by atoms with van der Waals surface area (Å²) in [7, 11) is 0. The van der Waals surface area contributed by atoms with E-state index < -0.39 is 0 Å². The number of hydrogen-bond donors (Lipinski definition) is 1. The summed E-state index contributed by atoms with van der Waals surface area (Å²) in [5.74, 6) is 0.407. The average Bonchev–Trinajstić information content (AvgIpc) is 3.04. The summed E-state index contributed by atoms with van der Waals surface area (Å²) >= 11 is 1.61. The Morgan fingerprint density at radius 1 is 1.67 bits per heavy atom. The standard InChI is InChI=1S/C12H13N3O2S/c1-2-17-12(16)7-3-4-8-9(7)15-11(18-8)10-13-5-6-14-10/h5-7H,2-4H2,1H3,(H,13,14). The first-order valence-corrected chi connectivity index (χ1v) is 6.77. The number of imidazole rings is 1. The summed E-state index contributed by atoms with van der Waals surface area (Å²) < 4.78 is 5.08. The quantitative estimate of drug-likeness (QED) is 0.861. The van der Waals surface area contributed by atoms with Gasteiger partial charge in [0.25, 0.3) is 0 Å². The molecule has 1 aliphatic rings. The first kappa shape index (κ1) is 11.4. The van der Waals surface area contributed by atoms with Crippen LogP contribution >= 0.6 is 11.3 Å². The van der Waals surface area contributed by atoms with Crippen molar-refractivity contribution in [2.24, 2.45) is 0 Å². The first-order chi connectivity index (χ1) is 8.79. The third-order valence-corrected chi connectivity index (χ3v) is 4.13. The molecule has 0 spiro atoms. The summed E-state index contributed by atoms with van der Waals surface area (Å²) in [5, 5.41) is 0.846. The Morgan fingerprint density at radius 2 is 2.56 bits per heavy atom. The van der Waals surface area contributed by atoms with E-state index >= 15 is 0 Å². The Bertz CT molecular complexity index is 562. The molecule has 0 radical (unpaired) electrons. The molecule has 3 rings (SSSR count). The van der Waals surface area contributed by atoms with Gasteiger partial charge in [-0.1, -0.05) is 0 Å². The number of aryl methyl sites for hydroxylation is 1. The number of rotatable bonds is 3. The number of aromatic nitrogens is 3. The third kappa shape index (κ3) is 1.82. The van der Waals surface area contributed by atoms with Crippen LogP contribution in [0.3, 0.4) is 0 Å². The zero-order chi connectivity index (χ0) is 12.5. The Labute approximate surface area is 108 Å². The Balaban J connectivity index is 1.90. The van der Waals surface area contributed by atoms with Crippen LogP contribution in [0.1, 0.15) is 29.8 Å². The van der Waals surface area contributed by atoms with Gasteiger partial charge in [-0.3, -0.25) is 4.79 Å². The smallest absolute Gasteiger partial charge is 0.315 e. The fourth-order valence-corrected chi connectivity index (χ4v) is 3.28. The van der Waals surface area contributed by atoms with Crippen LogP contribution in [0.5, 0.6) is 0 Å². The summed E-state index contributed by atoms with van der Waals surface area (Å²) in [5.41, 5.74) is 0.879. The van der Waals surface area contributed by atoms with Crippen molar-refractivity contribution in [3.05, 3.63) is 23.0 Å². The van der Waals surface area contributed by atoms with Crippen molar-refractivity contribution in [2.75, 3.05) is 6.61 Å². The van der Waals surface area contributed by atoms with E-state index in [-0.39, 0.29) is 11.9 Å². The van der Waals surface area contributed by atoms with E-state index in [1.54, 1.807) is 23.7 Å². The maximum absolute atomic E-state index is 11.8. The van der Waals surface area contributed by atoms with Gasteiger partial charge in [-0.05, 0) is 19.8 Å². The molecule has 94 valence electrons. The number of nitrogens with one attached hydrogen (secondary N) is 1. The molecule has 6 heteroatoms. The molecule has 2 aromatic heterocycles. The molecule has 0 bridgehead atoms. The highest BCUT2D eigenvalue weighted by Gasteiger charge is 2.33. The largest absolute Gasteiger partial charge is 0.465 e. The van der Waals surface area contributed by atoms with Crippen LogP contribution in [0.25, 0.3) is 10.8 Å². The van der Waals surface area contributed by atoms with Gasteiger partial charge in [0.2, 0.25) is 0 Å². The van der Waals surface area contributed by atoms with Crippen LogP contribution < -0.4 is 0 Å². The minimum Gasteiger partial charge on any atom is -0.465 e. The first-order valence-electron chi connectivity index (χ1n) is 5.95. The van der Waals surface area contributed by atoms with Crippen LogP contribution in [0.15, 0.2) is 12.4 Å². The summed E-state index contributed by atoms with van der Waals surface area (Å²) in [6, 6.07) is 0. The molecule has 1 aliphatic carbocycles. The highest BCUT2D eigenvalue weighted by atomic mass is 32.1. The van der Waals surface area contributed by atoms with E-state index in [1.165, 1.54) is 4.88 Å². The van der Waals surface area contributed by atoms with Gasteiger partial charge in [-0.15, -0.1) is 11.3 Å². The van der Waals surface area contributed by atoms with Crippen LogP contribution in [-0.2, 0) is 16.0 Å². The summed E-state index contributed by atoms with van der Waals surface area (Å²) in [6.07, 6.45) is 5.18. The molecule has 2 aromatic rings. The number of hydrogen-bond acceptors (Lipinski definition) is 5. The zero-order valence-corrected chi connectivity index (χ0v) is 10.8. The summed E-state index contributed by atoms with van der Waals surface area (Å²) in [4.78, 5) is 24.8. The lowest BCUT2D eigenvalue weighted by Gasteiger charge is -2.07. The molecule has 1 atom stereocenters. The van der Waals surface area contributed by atoms with Crippen molar-refractivity contribution in [3.8, 4) is 10.8 Å². The normalized spacial score (nSPS) is 17.7. The molecule has 0 aliphatic heterocycles. The van der Waals surface area contributed by atoms with Gasteiger partial charge in [0, 0.05) is 17.3 Å². The molecule has 18 heavy (non-hydrogen) atoms. The molecule has 0 saturated heterocycles. The van der Waals surface area contributed by atoms with Gasteiger partial charge in [0.1, 0.15) is 5.92 Å². The number of fused-ring (bicyclic) bond motifs is 1. The van der Waals surface area contributed by atoms with E-state index in [0.29, 0.717) is 6.61 Å². The number of H-pyrrole nitrogens is 1. The van der Waals surface area contributed by atoms with E-state index in [9.17, 15) is 4.79 Å². The van der Waals surface area contributed by atoms with Crippen molar-refractivity contribution in [2.45, 2.75) is 25.7 Å². The van der Waals surface area contributed by atoms with Gasteiger partial charge in [0.05, 0.1) is 12.3 Å². The minimum atomic E-state index is -0.195. The van der Waals surface area contributed by atoms with Gasteiger partial charge >= 0.3 is 5.97 Å². The molecular formula is C12H13N3O2S. The molecule has 5 nitrogen and oxygen atoms in total. The molecule has 0 fully saturated rings. The highest BCUT2D eigenvalue weighted by molar-refractivity contribution is 7.15. The SMILES string of the molecule is CCOC(=O)C1CCc2sc(-c3ncc[nH]3)nc21. The van der Waals surface area contributed by atoms with Gasteiger partial charge < -0.3 is 9.72 Å². The predicted molar refractivity (Wildman–Crippen MR) is 67.4 cm³/mol. The lowest BCUT2D eigenvalue weighted by atomic mass is 10.1. The van der Waals surface area contributed by atoms with Crippen LogP contribution in [0.4, 0.5) is 0 Å². The lowest BCUT2D eigenvalue weighted by Crippen LogP contribution is -2.14. The van der Waals surface area contributed by atoms with Crippen molar-refractivity contribution < 1.29 is 9.53 Å². The minimum absolute atomic E-state index is 0.160. The number of esters is 1.